The van der Waals surface area contributed by atoms with Gasteiger partial charge in [-0.15, -0.1) is 0 Å². The summed E-state index contributed by atoms with van der Waals surface area (Å²) in [4.78, 5) is 49.1. The van der Waals surface area contributed by atoms with Crippen LogP contribution < -0.4 is 11.2 Å². The molecule has 1 saturated heterocycles. The molecule has 3 heterocycles. The molecule has 0 amide bonds. The van der Waals surface area contributed by atoms with Crippen molar-refractivity contribution in [3.05, 3.63) is 26.7 Å². The molecule has 2 bridgehead atoms. The molecule has 1 N–H and O–H groups in total. The largest absolute Gasteiger partial charge is 0.468 e. The van der Waals surface area contributed by atoms with Crippen LogP contribution in [0, 0.1) is 11.8 Å². The van der Waals surface area contributed by atoms with Gasteiger partial charge in [0.1, 0.15) is 17.4 Å². The SMILES string of the molecule is CCCn1c(=O)c2[nH]c(C3CC4CCC(C3)C4N3CCCC3C(=O)OC)nc2n(CCC)c1=O. The van der Waals surface area contributed by atoms with Crippen molar-refractivity contribution in [2.75, 3.05) is 13.7 Å². The Morgan fingerprint density at radius 2 is 1.74 bits per heavy atom. The number of methoxy groups -OCH3 is 1. The molecule has 0 aromatic carbocycles. The van der Waals surface area contributed by atoms with Crippen molar-refractivity contribution >= 4 is 17.1 Å². The molecule has 3 unspecified atom stereocenters. The number of aromatic amines is 1. The van der Waals surface area contributed by atoms with Crippen LogP contribution in [0.5, 0.6) is 0 Å². The van der Waals surface area contributed by atoms with Crippen LogP contribution in [-0.4, -0.2) is 55.7 Å². The molecule has 2 aromatic heterocycles. The summed E-state index contributed by atoms with van der Waals surface area (Å²) >= 11 is 0. The molecule has 0 radical (unpaired) electrons. The topological polar surface area (TPSA) is 102 Å². The monoisotopic (exact) mass is 471 g/mol. The number of rotatable bonds is 7. The first-order valence-corrected chi connectivity index (χ1v) is 13.0. The number of nitrogens with zero attached hydrogens (tertiary/aromatic N) is 4. The summed E-state index contributed by atoms with van der Waals surface area (Å²) in [5, 5.41) is 0. The number of esters is 1. The average molecular weight is 472 g/mol. The van der Waals surface area contributed by atoms with Gasteiger partial charge in [-0.1, -0.05) is 13.8 Å². The lowest BCUT2D eigenvalue weighted by atomic mass is 9.76. The molecule has 1 aliphatic heterocycles. The van der Waals surface area contributed by atoms with Gasteiger partial charge in [-0.2, -0.15) is 0 Å². The van der Waals surface area contributed by atoms with E-state index >= 15 is 0 Å². The predicted octanol–water partition coefficient (Wildman–Crippen LogP) is 2.62. The maximum atomic E-state index is 13.1. The number of hydrogen-bond donors (Lipinski definition) is 1. The fraction of sp³-hybridized carbons (Fsp3) is 0.760. The zero-order chi connectivity index (χ0) is 24.0. The zero-order valence-corrected chi connectivity index (χ0v) is 20.6. The van der Waals surface area contributed by atoms with Crippen LogP contribution >= 0.6 is 0 Å². The Hall–Kier alpha value is -2.42. The molecule has 34 heavy (non-hydrogen) atoms. The second-order valence-corrected chi connectivity index (χ2v) is 10.4. The molecular weight excluding hydrogens is 434 g/mol. The summed E-state index contributed by atoms with van der Waals surface area (Å²) in [6, 6.07) is 0.314. The van der Waals surface area contributed by atoms with E-state index in [1.165, 1.54) is 24.5 Å². The van der Waals surface area contributed by atoms with Crippen molar-refractivity contribution in [1.29, 1.82) is 0 Å². The van der Waals surface area contributed by atoms with Crippen molar-refractivity contribution in [1.82, 2.24) is 24.0 Å². The van der Waals surface area contributed by atoms with E-state index in [9.17, 15) is 14.4 Å². The zero-order valence-electron chi connectivity index (χ0n) is 20.6. The highest BCUT2D eigenvalue weighted by Gasteiger charge is 2.50. The number of aryl methyl sites for hydroxylation is 1. The van der Waals surface area contributed by atoms with Gasteiger partial charge >= 0.3 is 11.7 Å². The molecule has 9 nitrogen and oxygen atoms in total. The van der Waals surface area contributed by atoms with Gasteiger partial charge in [0.05, 0.1) is 7.11 Å². The molecule has 2 aliphatic carbocycles. The van der Waals surface area contributed by atoms with Crippen molar-refractivity contribution in [2.45, 2.75) is 96.3 Å². The van der Waals surface area contributed by atoms with Crippen LogP contribution in [0.15, 0.2) is 9.59 Å². The van der Waals surface area contributed by atoms with Crippen LogP contribution in [0.4, 0.5) is 0 Å². The first-order valence-electron chi connectivity index (χ1n) is 13.0. The number of H-pyrrole nitrogens is 1. The number of likely N-dealkylation sites (tertiary alicyclic amines) is 1. The van der Waals surface area contributed by atoms with Crippen molar-refractivity contribution < 1.29 is 9.53 Å². The van der Waals surface area contributed by atoms with Gasteiger partial charge < -0.3 is 9.72 Å². The fourth-order valence-corrected chi connectivity index (χ4v) is 7.02. The predicted molar refractivity (Wildman–Crippen MR) is 129 cm³/mol. The Labute approximate surface area is 199 Å². The van der Waals surface area contributed by atoms with Gasteiger partial charge in [0.25, 0.3) is 5.56 Å². The second kappa shape index (κ2) is 9.32. The van der Waals surface area contributed by atoms with Gasteiger partial charge in [0.15, 0.2) is 5.65 Å². The third-order valence-corrected chi connectivity index (χ3v) is 8.36. The molecule has 3 atom stereocenters. The van der Waals surface area contributed by atoms with Crippen LogP contribution in [0.3, 0.4) is 0 Å². The highest BCUT2D eigenvalue weighted by molar-refractivity contribution is 5.76. The van der Waals surface area contributed by atoms with E-state index in [0.29, 0.717) is 42.1 Å². The summed E-state index contributed by atoms with van der Waals surface area (Å²) in [6.45, 7) is 5.93. The average Bonchev–Trinajstić information content (AvgIpc) is 3.55. The highest BCUT2D eigenvalue weighted by atomic mass is 16.5. The second-order valence-electron chi connectivity index (χ2n) is 10.4. The Morgan fingerprint density at radius 1 is 1.06 bits per heavy atom. The molecule has 9 heteroatoms. The number of carbonyl (C=O) groups excluding carboxylic acids is 1. The Balaban J connectivity index is 1.45. The van der Waals surface area contributed by atoms with Crippen molar-refractivity contribution in [3.63, 3.8) is 0 Å². The third-order valence-electron chi connectivity index (χ3n) is 8.36. The minimum Gasteiger partial charge on any atom is -0.468 e. The van der Waals surface area contributed by atoms with E-state index < -0.39 is 0 Å². The number of aromatic nitrogens is 4. The van der Waals surface area contributed by atoms with E-state index in [-0.39, 0.29) is 29.2 Å². The number of ether oxygens (including phenoxy) is 1. The smallest absolute Gasteiger partial charge is 0.332 e. The first kappa shape index (κ1) is 23.3. The summed E-state index contributed by atoms with van der Waals surface area (Å²) in [6.07, 6.45) is 7.77. The fourth-order valence-electron chi connectivity index (χ4n) is 7.02. The molecule has 2 aromatic rings. The Kier molecular flexibility index (Phi) is 6.39. The maximum absolute atomic E-state index is 13.1. The summed E-state index contributed by atoms with van der Waals surface area (Å²) in [5.41, 5.74) is 0.434. The molecule has 3 aliphatic rings. The van der Waals surface area contributed by atoms with Gasteiger partial charge in [-0.05, 0) is 69.7 Å². The van der Waals surface area contributed by atoms with Crippen LogP contribution in [0.25, 0.3) is 11.2 Å². The van der Waals surface area contributed by atoms with E-state index in [2.05, 4.69) is 9.88 Å². The normalized spacial score (nSPS) is 29.2. The number of carbonyl (C=O) groups is 1. The molecule has 0 spiro atoms. The lowest BCUT2D eigenvalue weighted by Gasteiger charge is -2.42. The van der Waals surface area contributed by atoms with E-state index in [1.54, 1.807) is 4.57 Å². The van der Waals surface area contributed by atoms with Gasteiger partial charge in [0.2, 0.25) is 0 Å². The number of fused-ring (bicyclic) bond motifs is 3. The number of hydrogen-bond acceptors (Lipinski definition) is 6. The lowest BCUT2D eigenvalue weighted by Crippen LogP contribution is -2.50. The molecule has 186 valence electrons. The highest BCUT2D eigenvalue weighted by Crippen LogP contribution is 2.51. The first-order chi connectivity index (χ1) is 16.5. The summed E-state index contributed by atoms with van der Waals surface area (Å²) in [5.74, 6) is 2.00. The molecule has 5 rings (SSSR count). The lowest BCUT2D eigenvalue weighted by molar-refractivity contribution is -0.147. The number of nitrogens with one attached hydrogen (secondary N) is 1. The molecular formula is C25H37N5O4. The van der Waals surface area contributed by atoms with Gasteiger partial charge in [0, 0.05) is 25.0 Å². The van der Waals surface area contributed by atoms with Crippen molar-refractivity contribution in [3.8, 4) is 0 Å². The standard InChI is InChI=1S/C25H37N5O4/c1-4-10-29-22-19(23(31)30(11-5-2)25(29)33)26-21(27-22)17-13-15-8-9-16(14-17)20(15)28-12-6-7-18(28)24(32)34-3/h15-18,20H,4-14H2,1-3H3,(H,26,27). The van der Waals surface area contributed by atoms with Crippen LogP contribution in [0.2, 0.25) is 0 Å². The van der Waals surface area contributed by atoms with Crippen LogP contribution in [0.1, 0.15) is 77.0 Å². The van der Waals surface area contributed by atoms with Gasteiger partial charge in [-0.3, -0.25) is 23.6 Å². The third kappa shape index (κ3) is 3.72. The Bertz CT molecular complexity index is 1170. The molecule has 2 saturated carbocycles. The minimum absolute atomic E-state index is 0.103. The van der Waals surface area contributed by atoms with E-state index in [4.69, 9.17) is 9.72 Å². The Morgan fingerprint density at radius 3 is 2.38 bits per heavy atom. The van der Waals surface area contributed by atoms with E-state index in [1.807, 2.05) is 13.8 Å². The van der Waals surface area contributed by atoms with Gasteiger partial charge in [-0.25, -0.2) is 9.78 Å². The van der Waals surface area contributed by atoms with Crippen LogP contribution in [-0.2, 0) is 22.6 Å². The number of imidazole rings is 1. The minimum atomic E-state index is -0.261. The molecule has 3 fully saturated rings. The maximum Gasteiger partial charge on any atom is 0.332 e. The van der Waals surface area contributed by atoms with E-state index in [0.717, 1.165) is 50.9 Å². The summed E-state index contributed by atoms with van der Waals surface area (Å²) in [7, 11) is 1.48. The summed E-state index contributed by atoms with van der Waals surface area (Å²) < 4.78 is 8.11. The quantitative estimate of drug-likeness (QED) is 0.623. The van der Waals surface area contributed by atoms with Crippen molar-refractivity contribution in [2.24, 2.45) is 11.8 Å².